The number of thioether (sulfide) groups is 1. The smallest absolute Gasteiger partial charge is 0.194 e. The van der Waals surface area contributed by atoms with Crippen molar-refractivity contribution in [3.8, 4) is 11.5 Å². The first-order chi connectivity index (χ1) is 13.0. The molecule has 1 aliphatic rings. The van der Waals surface area contributed by atoms with E-state index < -0.39 is 6.10 Å². The van der Waals surface area contributed by atoms with Gasteiger partial charge >= 0.3 is 0 Å². The fraction of sp³-hybridized carbons (Fsp3) is 0.650. The molecule has 1 aromatic carbocycles. The molecule has 1 heterocycles. The fourth-order valence-electron chi connectivity index (χ4n) is 3.00. The lowest BCUT2D eigenvalue weighted by Gasteiger charge is -2.36. The Morgan fingerprint density at radius 3 is 2.46 bits per heavy atom. The third-order valence-corrected chi connectivity index (χ3v) is 6.18. The van der Waals surface area contributed by atoms with Gasteiger partial charge in [-0.05, 0) is 30.5 Å². The maximum absolute atomic E-state index is 10.6. The van der Waals surface area contributed by atoms with E-state index in [0.717, 1.165) is 36.9 Å². The molecule has 8 heteroatoms. The molecule has 1 saturated heterocycles. The number of nitrogens with one attached hydrogen (secondary N) is 1. The lowest BCUT2D eigenvalue weighted by Crippen LogP contribution is -2.49. The molecule has 0 amide bonds. The number of aliphatic imine (C=N–C) groups is 1. The van der Waals surface area contributed by atoms with Gasteiger partial charge in [-0.3, -0.25) is 4.99 Å². The normalized spacial score (nSPS) is 18.5. The monoisotopic (exact) mass is 523 g/mol. The van der Waals surface area contributed by atoms with Crippen molar-refractivity contribution in [3.05, 3.63) is 23.8 Å². The van der Waals surface area contributed by atoms with Crippen LogP contribution in [0.25, 0.3) is 0 Å². The minimum absolute atomic E-state index is 0. The molecule has 1 aromatic rings. The highest BCUT2D eigenvalue weighted by Crippen LogP contribution is 2.27. The number of hydrogen-bond acceptors (Lipinski definition) is 5. The molecule has 2 N–H and O–H groups in total. The summed E-state index contributed by atoms with van der Waals surface area (Å²) in [6.07, 6.45) is -0.720. The summed E-state index contributed by atoms with van der Waals surface area (Å²) < 4.78 is 10.6. The Morgan fingerprint density at radius 1 is 1.29 bits per heavy atom. The zero-order valence-corrected chi connectivity index (χ0v) is 20.6. The Balaban J connectivity index is 0.00000392. The Hall–Kier alpha value is -0.870. The van der Waals surface area contributed by atoms with Gasteiger partial charge in [0.1, 0.15) is 11.5 Å². The molecule has 28 heavy (non-hydrogen) atoms. The second-order valence-corrected chi connectivity index (χ2v) is 8.30. The van der Waals surface area contributed by atoms with Crippen molar-refractivity contribution in [1.82, 2.24) is 10.2 Å². The van der Waals surface area contributed by atoms with E-state index in [1.807, 2.05) is 23.9 Å². The van der Waals surface area contributed by atoms with Crippen LogP contribution in [0.15, 0.2) is 23.2 Å². The van der Waals surface area contributed by atoms with E-state index in [2.05, 4.69) is 31.0 Å². The Morgan fingerprint density at radius 2 is 1.93 bits per heavy atom. The molecule has 0 bridgehead atoms. The Bertz CT molecular complexity index is 608. The predicted octanol–water partition coefficient (Wildman–Crippen LogP) is 3.39. The Labute approximate surface area is 190 Å². The van der Waals surface area contributed by atoms with Gasteiger partial charge in [-0.2, -0.15) is 11.8 Å². The van der Waals surface area contributed by atoms with Gasteiger partial charge in [0, 0.05) is 36.7 Å². The highest BCUT2D eigenvalue weighted by molar-refractivity contribution is 14.0. The average molecular weight is 523 g/mol. The summed E-state index contributed by atoms with van der Waals surface area (Å²) in [6.45, 7) is 9.65. The third kappa shape index (κ3) is 7.18. The molecule has 0 spiro atoms. The topological polar surface area (TPSA) is 66.3 Å². The van der Waals surface area contributed by atoms with Crippen LogP contribution >= 0.6 is 35.7 Å². The average Bonchev–Trinajstić information content (AvgIpc) is 2.70. The van der Waals surface area contributed by atoms with Crippen LogP contribution in [0.3, 0.4) is 0 Å². The van der Waals surface area contributed by atoms with Gasteiger partial charge in [0.05, 0.1) is 26.9 Å². The molecule has 0 saturated carbocycles. The molecule has 0 aromatic heterocycles. The highest BCUT2D eigenvalue weighted by Gasteiger charge is 2.25. The molecular formula is C20H34IN3O3S. The summed E-state index contributed by atoms with van der Waals surface area (Å²) >= 11 is 2.04. The van der Waals surface area contributed by atoms with Gasteiger partial charge in [0.2, 0.25) is 0 Å². The molecule has 2 rings (SSSR count). The van der Waals surface area contributed by atoms with Crippen molar-refractivity contribution in [2.24, 2.45) is 10.9 Å². The zero-order valence-electron chi connectivity index (χ0n) is 17.5. The molecule has 1 fully saturated rings. The summed E-state index contributed by atoms with van der Waals surface area (Å²) in [5.41, 5.74) is 0.736. The number of halogens is 1. The van der Waals surface area contributed by atoms with E-state index in [1.165, 1.54) is 0 Å². The van der Waals surface area contributed by atoms with Crippen molar-refractivity contribution in [1.29, 1.82) is 0 Å². The fourth-order valence-corrected chi connectivity index (χ4v) is 4.30. The molecule has 0 radical (unpaired) electrons. The first-order valence-corrected chi connectivity index (χ1v) is 10.6. The van der Waals surface area contributed by atoms with Gasteiger partial charge in [0.15, 0.2) is 5.96 Å². The maximum atomic E-state index is 10.6. The van der Waals surface area contributed by atoms with Crippen LogP contribution in [0.2, 0.25) is 0 Å². The van der Waals surface area contributed by atoms with Crippen LogP contribution in [0.5, 0.6) is 11.5 Å². The van der Waals surface area contributed by atoms with Crippen LogP contribution in [0.1, 0.15) is 32.4 Å². The van der Waals surface area contributed by atoms with E-state index in [9.17, 15) is 5.11 Å². The minimum Gasteiger partial charge on any atom is -0.497 e. The number of methoxy groups -OCH3 is 2. The molecule has 0 aliphatic carbocycles. The summed E-state index contributed by atoms with van der Waals surface area (Å²) in [5.74, 6) is 3.93. The van der Waals surface area contributed by atoms with Crippen molar-refractivity contribution >= 4 is 41.7 Å². The molecule has 2 atom stereocenters. The summed E-state index contributed by atoms with van der Waals surface area (Å²) in [4.78, 5) is 7.02. The van der Waals surface area contributed by atoms with Crippen molar-refractivity contribution < 1.29 is 14.6 Å². The standard InChI is InChI=1S/C20H33N3O3S.HI/c1-6-21-20(23-7-8-27-19(13-23)14(2)3)22-12-18(24)15-9-16(25-4)11-17(10-15)26-5;/h9-11,14,18-19,24H,6-8,12-13H2,1-5H3,(H,21,22);1H. The number of rotatable bonds is 7. The predicted molar refractivity (Wildman–Crippen MR) is 129 cm³/mol. The lowest BCUT2D eigenvalue weighted by atomic mass is 10.1. The van der Waals surface area contributed by atoms with Gasteiger partial charge in [-0.15, -0.1) is 24.0 Å². The number of aliphatic hydroxyl groups is 1. The minimum atomic E-state index is -0.720. The lowest BCUT2D eigenvalue weighted by molar-refractivity contribution is 0.185. The summed E-state index contributed by atoms with van der Waals surface area (Å²) in [7, 11) is 3.21. The van der Waals surface area contributed by atoms with E-state index in [0.29, 0.717) is 22.7 Å². The first kappa shape index (κ1) is 25.2. The van der Waals surface area contributed by atoms with Gasteiger partial charge < -0.3 is 24.8 Å². The van der Waals surface area contributed by atoms with Crippen LogP contribution in [-0.2, 0) is 0 Å². The number of benzene rings is 1. The number of nitrogens with zero attached hydrogens (tertiary/aromatic N) is 2. The number of ether oxygens (including phenoxy) is 2. The molecule has 2 unspecified atom stereocenters. The third-order valence-electron chi connectivity index (χ3n) is 4.64. The summed E-state index contributed by atoms with van der Waals surface area (Å²) in [6, 6.07) is 5.44. The second kappa shape index (κ2) is 12.6. The molecule has 6 nitrogen and oxygen atoms in total. The zero-order chi connectivity index (χ0) is 19.8. The first-order valence-electron chi connectivity index (χ1n) is 9.54. The van der Waals surface area contributed by atoms with E-state index in [1.54, 1.807) is 20.3 Å². The van der Waals surface area contributed by atoms with Crippen molar-refractivity contribution in [2.45, 2.75) is 32.1 Å². The quantitative estimate of drug-likeness (QED) is 0.325. The van der Waals surface area contributed by atoms with Crippen LogP contribution in [-0.4, -0.2) is 67.4 Å². The van der Waals surface area contributed by atoms with Crippen LogP contribution < -0.4 is 14.8 Å². The van der Waals surface area contributed by atoms with E-state index in [4.69, 9.17) is 14.5 Å². The van der Waals surface area contributed by atoms with Crippen LogP contribution in [0, 0.1) is 5.92 Å². The number of aliphatic hydroxyl groups excluding tert-OH is 1. The highest BCUT2D eigenvalue weighted by atomic mass is 127. The van der Waals surface area contributed by atoms with Gasteiger partial charge in [-0.1, -0.05) is 13.8 Å². The number of hydrogen-bond donors (Lipinski definition) is 2. The molecule has 160 valence electrons. The number of guanidine groups is 1. The van der Waals surface area contributed by atoms with E-state index >= 15 is 0 Å². The maximum Gasteiger partial charge on any atom is 0.194 e. The summed E-state index contributed by atoms with van der Waals surface area (Å²) in [5, 5.41) is 14.6. The van der Waals surface area contributed by atoms with Crippen molar-refractivity contribution in [2.75, 3.05) is 46.2 Å². The van der Waals surface area contributed by atoms with Gasteiger partial charge in [0.25, 0.3) is 0 Å². The van der Waals surface area contributed by atoms with Crippen molar-refractivity contribution in [3.63, 3.8) is 0 Å². The largest absolute Gasteiger partial charge is 0.497 e. The molecular weight excluding hydrogens is 489 g/mol. The van der Waals surface area contributed by atoms with Crippen LogP contribution in [0.4, 0.5) is 0 Å². The Kier molecular flexibility index (Phi) is 11.4. The second-order valence-electron chi connectivity index (χ2n) is 6.96. The van der Waals surface area contributed by atoms with Gasteiger partial charge in [-0.25, -0.2) is 0 Å². The van der Waals surface area contributed by atoms with E-state index in [-0.39, 0.29) is 30.5 Å². The molecule has 1 aliphatic heterocycles. The SMILES string of the molecule is CCNC(=NCC(O)c1cc(OC)cc(OC)c1)N1CCSC(C(C)C)C1.I.